The molecule has 0 saturated carbocycles. The molecule has 2 heterocycles. The van der Waals surface area contributed by atoms with Crippen LogP contribution in [0.25, 0.3) is 0 Å². The highest BCUT2D eigenvalue weighted by molar-refractivity contribution is 5.78. The van der Waals surface area contributed by atoms with Gasteiger partial charge in [-0.05, 0) is 31.2 Å². The second-order valence-electron chi connectivity index (χ2n) is 5.71. The molecule has 0 aliphatic carbocycles. The smallest absolute Gasteiger partial charge is 0.225 e. The van der Waals surface area contributed by atoms with E-state index in [1.165, 1.54) is 12.8 Å². The van der Waals surface area contributed by atoms with Gasteiger partial charge in [-0.3, -0.25) is 4.79 Å². The minimum atomic E-state index is 0.165. The molecule has 1 unspecified atom stereocenters. The Kier molecular flexibility index (Phi) is 3.53. The fourth-order valence-electron chi connectivity index (χ4n) is 2.80. The maximum atomic E-state index is 12.2. The lowest BCUT2D eigenvalue weighted by molar-refractivity contribution is -0.138. The van der Waals surface area contributed by atoms with E-state index in [4.69, 9.17) is 0 Å². The van der Waals surface area contributed by atoms with Crippen molar-refractivity contribution < 1.29 is 4.79 Å². The van der Waals surface area contributed by atoms with Crippen LogP contribution in [-0.2, 0) is 4.79 Å². The monoisotopic (exact) mass is 224 g/mol. The number of nitrogens with zero attached hydrogens (tertiary/aromatic N) is 1. The zero-order chi connectivity index (χ0) is 11.7. The number of rotatable bonds is 2. The summed E-state index contributed by atoms with van der Waals surface area (Å²) in [7, 11) is 0. The highest BCUT2D eigenvalue weighted by atomic mass is 16.2. The molecule has 0 aromatic carbocycles. The Balaban J connectivity index is 1.93. The summed E-state index contributed by atoms with van der Waals surface area (Å²) in [6, 6.07) is 0.567. The summed E-state index contributed by atoms with van der Waals surface area (Å²) in [4.78, 5) is 14.3. The average Bonchev–Trinajstić information content (AvgIpc) is 2.73. The molecule has 92 valence electrons. The van der Waals surface area contributed by atoms with Crippen molar-refractivity contribution >= 4 is 5.91 Å². The molecule has 0 aromatic rings. The van der Waals surface area contributed by atoms with Gasteiger partial charge in [0.25, 0.3) is 0 Å². The molecule has 2 saturated heterocycles. The predicted molar refractivity (Wildman–Crippen MR) is 65.1 cm³/mol. The first kappa shape index (κ1) is 11.9. The fourth-order valence-corrected chi connectivity index (χ4v) is 2.80. The fraction of sp³-hybridized carbons (Fsp3) is 0.923. The lowest BCUT2D eigenvalue weighted by Gasteiger charge is -2.36. The Morgan fingerprint density at radius 3 is 2.75 bits per heavy atom. The molecule has 0 bridgehead atoms. The van der Waals surface area contributed by atoms with Crippen LogP contribution in [0.3, 0.4) is 0 Å². The molecule has 2 aliphatic rings. The van der Waals surface area contributed by atoms with Gasteiger partial charge in [0.05, 0.1) is 0 Å². The molecule has 2 aliphatic heterocycles. The van der Waals surface area contributed by atoms with Crippen LogP contribution in [0.4, 0.5) is 0 Å². The molecule has 2 rings (SSSR count). The standard InChI is InChI=1S/C13H24N2O/c1-9(2)10(3)13(16)15-7-5-11-4-6-14-12(11)8-15/h9-12,14H,4-8H2,1-3H3/t10?,11-,12+/m1/s1. The first-order chi connectivity index (χ1) is 7.59. The van der Waals surface area contributed by atoms with Crippen LogP contribution >= 0.6 is 0 Å². The van der Waals surface area contributed by atoms with Crippen molar-refractivity contribution in [3.63, 3.8) is 0 Å². The molecular formula is C13H24N2O. The van der Waals surface area contributed by atoms with Gasteiger partial charge >= 0.3 is 0 Å². The number of carbonyl (C=O) groups excluding carboxylic acids is 1. The van der Waals surface area contributed by atoms with Gasteiger partial charge in [-0.2, -0.15) is 0 Å². The Labute approximate surface area is 98.6 Å². The summed E-state index contributed by atoms with van der Waals surface area (Å²) in [6.07, 6.45) is 2.49. The van der Waals surface area contributed by atoms with Crippen LogP contribution in [-0.4, -0.2) is 36.5 Å². The van der Waals surface area contributed by atoms with Gasteiger partial charge in [0.2, 0.25) is 5.91 Å². The SMILES string of the molecule is CC(C)C(C)C(=O)N1CC[C@H]2CCN[C@H]2C1. The predicted octanol–water partition coefficient (Wildman–Crippen LogP) is 1.49. The van der Waals surface area contributed by atoms with Crippen LogP contribution in [0.15, 0.2) is 0 Å². The van der Waals surface area contributed by atoms with Crippen molar-refractivity contribution in [3.05, 3.63) is 0 Å². The molecule has 2 fully saturated rings. The second-order valence-corrected chi connectivity index (χ2v) is 5.71. The minimum Gasteiger partial charge on any atom is -0.341 e. The third-order valence-corrected chi connectivity index (χ3v) is 4.38. The lowest BCUT2D eigenvalue weighted by Crippen LogP contribution is -2.50. The molecular weight excluding hydrogens is 200 g/mol. The van der Waals surface area contributed by atoms with Gasteiger partial charge in [0.15, 0.2) is 0 Å². The van der Waals surface area contributed by atoms with Crippen LogP contribution in [0.2, 0.25) is 0 Å². The molecule has 1 N–H and O–H groups in total. The van der Waals surface area contributed by atoms with Crippen molar-refractivity contribution in [3.8, 4) is 0 Å². The number of piperidine rings is 1. The minimum absolute atomic E-state index is 0.165. The van der Waals surface area contributed by atoms with E-state index in [2.05, 4.69) is 31.0 Å². The largest absolute Gasteiger partial charge is 0.341 e. The van der Waals surface area contributed by atoms with Gasteiger partial charge < -0.3 is 10.2 Å². The van der Waals surface area contributed by atoms with Crippen LogP contribution in [0.5, 0.6) is 0 Å². The Morgan fingerprint density at radius 2 is 2.06 bits per heavy atom. The van der Waals surface area contributed by atoms with E-state index in [1.807, 2.05) is 0 Å². The molecule has 3 heteroatoms. The number of hydrogen-bond donors (Lipinski definition) is 1. The maximum Gasteiger partial charge on any atom is 0.225 e. The zero-order valence-corrected chi connectivity index (χ0v) is 10.7. The molecule has 3 atom stereocenters. The molecule has 16 heavy (non-hydrogen) atoms. The number of nitrogens with one attached hydrogen (secondary N) is 1. The third kappa shape index (κ3) is 2.24. The summed E-state index contributed by atoms with van der Waals surface area (Å²) in [6.45, 7) is 9.35. The summed E-state index contributed by atoms with van der Waals surface area (Å²) >= 11 is 0. The van der Waals surface area contributed by atoms with Crippen molar-refractivity contribution in [1.82, 2.24) is 10.2 Å². The highest BCUT2D eigenvalue weighted by Gasteiger charge is 2.35. The van der Waals surface area contributed by atoms with Crippen LogP contribution in [0, 0.1) is 17.8 Å². The third-order valence-electron chi connectivity index (χ3n) is 4.38. The Morgan fingerprint density at radius 1 is 1.31 bits per heavy atom. The summed E-state index contributed by atoms with van der Waals surface area (Å²) in [5.41, 5.74) is 0. The van der Waals surface area contributed by atoms with E-state index in [9.17, 15) is 4.79 Å². The lowest BCUT2D eigenvalue weighted by atomic mass is 9.90. The normalized spacial score (nSPS) is 31.6. The van der Waals surface area contributed by atoms with Gasteiger partial charge in [-0.25, -0.2) is 0 Å². The second kappa shape index (κ2) is 4.74. The number of hydrogen-bond acceptors (Lipinski definition) is 2. The van der Waals surface area contributed by atoms with Gasteiger partial charge in [-0.1, -0.05) is 20.8 Å². The van der Waals surface area contributed by atoms with Crippen LogP contribution < -0.4 is 5.32 Å². The topological polar surface area (TPSA) is 32.3 Å². The summed E-state index contributed by atoms with van der Waals surface area (Å²) in [5.74, 6) is 1.78. The number of amides is 1. The molecule has 0 aromatic heterocycles. The number of carbonyl (C=O) groups is 1. The Hall–Kier alpha value is -0.570. The molecule has 0 spiro atoms. The van der Waals surface area contributed by atoms with Gasteiger partial charge in [-0.15, -0.1) is 0 Å². The maximum absolute atomic E-state index is 12.2. The van der Waals surface area contributed by atoms with Crippen molar-refractivity contribution in [1.29, 1.82) is 0 Å². The highest BCUT2D eigenvalue weighted by Crippen LogP contribution is 2.26. The van der Waals surface area contributed by atoms with E-state index in [1.54, 1.807) is 0 Å². The van der Waals surface area contributed by atoms with E-state index in [0.717, 1.165) is 25.6 Å². The molecule has 1 amide bonds. The first-order valence-corrected chi connectivity index (χ1v) is 6.61. The molecule has 3 nitrogen and oxygen atoms in total. The number of fused-ring (bicyclic) bond motifs is 1. The first-order valence-electron chi connectivity index (χ1n) is 6.61. The van der Waals surface area contributed by atoms with Crippen molar-refractivity contribution in [2.24, 2.45) is 17.8 Å². The molecule has 0 radical (unpaired) electrons. The van der Waals surface area contributed by atoms with Gasteiger partial charge in [0.1, 0.15) is 0 Å². The quantitative estimate of drug-likeness (QED) is 0.770. The van der Waals surface area contributed by atoms with E-state index in [0.29, 0.717) is 17.9 Å². The Bertz CT molecular complexity index is 265. The van der Waals surface area contributed by atoms with Crippen molar-refractivity contribution in [2.45, 2.75) is 39.7 Å². The van der Waals surface area contributed by atoms with E-state index >= 15 is 0 Å². The van der Waals surface area contributed by atoms with Crippen LogP contribution in [0.1, 0.15) is 33.6 Å². The number of likely N-dealkylation sites (tertiary alicyclic amines) is 1. The zero-order valence-electron chi connectivity index (χ0n) is 10.7. The van der Waals surface area contributed by atoms with Gasteiger partial charge in [0, 0.05) is 25.0 Å². The van der Waals surface area contributed by atoms with E-state index in [-0.39, 0.29) is 5.92 Å². The van der Waals surface area contributed by atoms with E-state index < -0.39 is 0 Å². The van der Waals surface area contributed by atoms with Crippen molar-refractivity contribution in [2.75, 3.05) is 19.6 Å². The average molecular weight is 224 g/mol. The summed E-state index contributed by atoms with van der Waals surface area (Å²) in [5, 5.41) is 3.52. The summed E-state index contributed by atoms with van der Waals surface area (Å²) < 4.78 is 0.